The van der Waals surface area contributed by atoms with Crippen LogP contribution in [-0.4, -0.2) is 37.2 Å². The van der Waals surface area contributed by atoms with Crippen LogP contribution in [0, 0.1) is 0 Å². The normalized spacial score (nSPS) is 12.9. The predicted octanol–water partition coefficient (Wildman–Crippen LogP) is 21.2. The molecule has 0 spiro atoms. The molecular weight excluding hydrogens is 925 g/mol. The molecule has 0 aliphatic heterocycles. The van der Waals surface area contributed by atoms with Crippen molar-refractivity contribution in [2.45, 2.75) is 284 Å². The summed E-state index contributed by atoms with van der Waals surface area (Å²) in [4.78, 5) is 38.2. The molecule has 426 valence electrons. The van der Waals surface area contributed by atoms with Gasteiger partial charge in [0.2, 0.25) is 0 Å². The van der Waals surface area contributed by atoms with E-state index in [-0.39, 0.29) is 31.1 Å². The van der Waals surface area contributed by atoms with Gasteiger partial charge in [0.05, 0.1) is 0 Å². The molecule has 0 fully saturated rings. The molecule has 0 radical (unpaired) electrons. The Kier molecular flexibility index (Phi) is 58.9. The first-order chi connectivity index (χ1) is 37.0. The Labute approximate surface area is 462 Å². The van der Waals surface area contributed by atoms with Gasteiger partial charge >= 0.3 is 17.9 Å². The molecule has 1 unspecified atom stereocenters. The molecule has 0 aromatic rings. The maximum Gasteiger partial charge on any atom is 0.306 e. The molecule has 6 heteroatoms. The number of allylic oxidation sites excluding steroid dienone is 20. The van der Waals surface area contributed by atoms with E-state index in [2.05, 4.69) is 142 Å². The zero-order chi connectivity index (χ0) is 54.3. The van der Waals surface area contributed by atoms with Crippen molar-refractivity contribution in [1.82, 2.24) is 0 Å². The summed E-state index contributed by atoms with van der Waals surface area (Å²) in [5, 5.41) is 0. The van der Waals surface area contributed by atoms with E-state index in [1.165, 1.54) is 89.9 Å². The highest BCUT2D eigenvalue weighted by atomic mass is 16.6. The van der Waals surface area contributed by atoms with Crippen LogP contribution >= 0.6 is 0 Å². The van der Waals surface area contributed by atoms with E-state index in [1.807, 2.05) is 0 Å². The summed E-state index contributed by atoms with van der Waals surface area (Å²) in [7, 11) is 0. The van der Waals surface area contributed by atoms with E-state index in [0.29, 0.717) is 19.3 Å². The van der Waals surface area contributed by atoms with Gasteiger partial charge in [-0.1, -0.05) is 251 Å². The van der Waals surface area contributed by atoms with Crippen LogP contribution in [0.2, 0.25) is 0 Å². The van der Waals surface area contributed by atoms with Crippen molar-refractivity contribution >= 4 is 17.9 Å². The van der Waals surface area contributed by atoms with Crippen molar-refractivity contribution < 1.29 is 28.6 Å². The molecule has 0 aliphatic rings. The number of carbonyl (C=O) groups is 3. The zero-order valence-corrected chi connectivity index (χ0v) is 48.8. The van der Waals surface area contributed by atoms with E-state index in [0.717, 1.165) is 148 Å². The van der Waals surface area contributed by atoms with Gasteiger partial charge in [0, 0.05) is 19.3 Å². The number of hydrogen-bond donors (Lipinski definition) is 0. The number of rotatable bonds is 55. The van der Waals surface area contributed by atoms with E-state index in [1.54, 1.807) is 0 Å². The fourth-order valence-corrected chi connectivity index (χ4v) is 8.26. The van der Waals surface area contributed by atoms with Gasteiger partial charge in [-0.25, -0.2) is 0 Å². The Morgan fingerprint density at radius 1 is 0.280 bits per heavy atom. The second-order valence-electron chi connectivity index (χ2n) is 20.2. The van der Waals surface area contributed by atoms with E-state index < -0.39 is 6.10 Å². The third-order valence-electron chi connectivity index (χ3n) is 12.9. The molecule has 0 saturated heterocycles. The van der Waals surface area contributed by atoms with Crippen molar-refractivity contribution in [3.8, 4) is 0 Å². The number of carbonyl (C=O) groups excluding carboxylic acids is 3. The molecule has 0 heterocycles. The molecule has 0 rings (SSSR count). The fraction of sp³-hybridized carbons (Fsp3) is 0.667. The summed E-state index contributed by atoms with van der Waals surface area (Å²) >= 11 is 0. The number of esters is 3. The lowest BCUT2D eigenvalue weighted by Gasteiger charge is -2.18. The molecule has 1 atom stereocenters. The monoisotopic (exact) mass is 1040 g/mol. The van der Waals surface area contributed by atoms with Crippen LogP contribution in [-0.2, 0) is 28.6 Å². The van der Waals surface area contributed by atoms with Gasteiger partial charge < -0.3 is 14.2 Å². The van der Waals surface area contributed by atoms with E-state index in [9.17, 15) is 14.4 Å². The van der Waals surface area contributed by atoms with Crippen LogP contribution in [0.1, 0.15) is 278 Å². The predicted molar refractivity (Wildman–Crippen MR) is 325 cm³/mol. The van der Waals surface area contributed by atoms with Crippen LogP contribution in [0.5, 0.6) is 0 Å². The molecule has 0 aliphatic carbocycles. The highest BCUT2D eigenvalue weighted by Gasteiger charge is 2.19. The van der Waals surface area contributed by atoms with Gasteiger partial charge in [0.25, 0.3) is 0 Å². The van der Waals surface area contributed by atoms with Crippen LogP contribution < -0.4 is 0 Å². The van der Waals surface area contributed by atoms with Gasteiger partial charge in [0.1, 0.15) is 13.2 Å². The second-order valence-corrected chi connectivity index (χ2v) is 20.2. The lowest BCUT2D eigenvalue weighted by molar-refractivity contribution is -0.167. The number of hydrogen-bond acceptors (Lipinski definition) is 6. The first kappa shape index (κ1) is 70.8. The molecule has 0 bridgehead atoms. The number of unbranched alkanes of at least 4 members (excludes halogenated alkanes) is 24. The molecule has 6 nitrogen and oxygen atoms in total. The van der Waals surface area contributed by atoms with Crippen LogP contribution in [0.3, 0.4) is 0 Å². The number of ether oxygens (including phenoxy) is 3. The standard InChI is InChI=1S/C69H114O6/c1-4-7-10-13-16-19-22-24-26-27-28-29-30-31-32-33-34-35-36-37-38-39-40-41-43-44-47-50-53-56-59-62-68(71)74-65-66(64-73-67(70)61-58-55-52-49-46-21-18-15-12-9-6-3)75-69(72)63-60-57-54-51-48-45-42-25-23-20-17-14-11-8-5-2/h7,10,15-16,18-19,24-26,28-29,31-32,34-35,37-38,40-42,66H,4-6,8-9,11-14,17,20-23,27,30,33,36,39,43-65H2,1-3H3/b10-7-,18-15-,19-16-,26-24-,29-28-,32-31-,35-34-,38-37-,41-40-,42-25-. The Bertz CT molecular complexity index is 1570. The Balaban J connectivity index is 4.30. The van der Waals surface area contributed by atoms with Crippen molar-refractivity contribution in [2.24, 2.45) is 0 Å². The first-order valence-corrected chi connectivity index (χ1v) is 31.0. The average molecular weight is 1040 g/mol. The highest BCUT2D eigenvalue weighted by Crippen LogP contribution is 2.14. The van der Waals surface area contributed by atoms with Crippen LogP contribution in [0.4, 0.5) is 0 Å². The smallest absolute Gasteiger partial charge is 0.306 e. The maximum absolute atomic E-state index is 12.8. The second kappa shape index (κ2) is 62.4. The highest BCUT2D eigenvalue weighted by molar-refractivity contribution is 5.71. The van der Waals surface area contributed by atoms with E-state index >= 15 is 0 Å². The summed E-state index contributed by atoms with van der Waals surface area (Å²) in [6.45, 7) is 6.46. The summed E-state index contributed by atoms with van der Waals surface area (Å²) in [5.41, 5.74) is 0. The third kappa shape index (κ3) is 60.6. The summed E-state index contributed by atoms with van der Waals surface area (Å²) < 4.78 is 16.8. The Hall–Kier alpha value is -4.19. The maximum atomic E-state index is 12.8. The van der Waals surface area contributed by atoms with Gasteiger partial charge in [-0.05, 0) is 128 Å². The topological polar surface area (TPSA) is 78.9 Å². The van der Waals surface area contributed by atoms with E-state index in [4.69, 9.17) is 14.2 Å². The average Bonchev–Trinajstić information content (AvgIpc) is 3.41. The molecule has 0 saturated carbocycles. The lowest BCUT2D eigenvalue weighted by atomic mass is 10.1. The van der Waals surface area contributed by atoms with Crippen molar-refractivity contribution in [3.05, 3.63) is 122 Å². The fourth-order valence-electron chi connectivity index (χ4n) is 8.26. The Morgan fingerprint density at radius 3 is 0.867 bits per heavy atom. The quantitative estimate of drug-likeness (QED) is 0.0261. The largest absolute Gasteiger partial charge is 0.462 e. The summed E-state index contributed by atoms with van der Waals surface area (Å²) in [6, 6.07) is 0. The van der Waals surface area contributed by atoms with Crippen molar-refractivity contribution in [2.75, 3.05) is 13.2 Å². The first-order valence-electron chi connectivity index (χ1n) is 31.0. The molecular formula is C69H114O6. The lowest BCUT2D eigenvalue weighted by Crippen LogP contribution is -2.30. The van der Waals surface area contributed by atoms with Crippen molar-refractivity contribution in [3.63, 3.8) is 0 Å². The van der Waals surface area contributed by atoms with Gasteiger partial charge in [-0.2, -0.15) is 0 Å². The minimum absolute atomic E-state index is 0.0917. The summed E-state index contributed by atoms with van der Waals surface area (Å²) in [5.74, 6) is -0.923. The molecule has 75 heavy (non-hydrogen) atoms. The van der Waals surface area contributed by atoms with Gasteiger partial charge in [0.15, 0.2) is 6.10 Å². The SMILES string of the molecule is CC/C=C\C/C=C\C/C=C\C/C=C\C/C=C\C/C=C\C/C=C\C/C=C\CCCCCCCCC(=O)OCC(COC(=O)CCCCCCC/C=C\CCCC)OC(=O)CCCCCCC/C=C\CCCCCCCC. The zero-order valence-electron chi connectivity index (χ0n) is 48.8. The van der Waals surface area contributed by atoms with Crippen LogP contribution in [0.25, 0.3) is 0 Å². The van der Waals surface area contributed by atoms with Gasteiger partial charge in [-0.15, -0.1) is 0 Å². The minimum atomic E-state index is -0.794. The summed E-state index contributed by atoms with van der Waals surface area (Å²) in [6.07, 6.45) is 86.3. The molecule has 0 amide bonds. The molecule has 0 N–H and O–H groups in total. The molecule has 0 aromatic heterocycles. The van der Waals surface area contributed by atoms with Crippen molar-refractivity contribution in [1.29, 1.82) is 0 Å². The Morgan fingerprint density at radius 2 is 0.533 bits per heavy atom. The molecule has 0 aromatic carbocycles. The van der Waals surface area contributed by atoms with Gasteiger partial charge in [-0.3, -0.25) is 14.4 Å². The van der Waals surface area contributed by atoms with Crippen LogP contribution in [0.15, 0.2) is 122 Å². The third-order valence-corrected chi connectivity index (χ3v) is 12.9. The minimum Gasteiger partial charge on any atom is -0.462 e.